The van der Waals surface area contributed by atoms with Crippen LogP contribution in [0.4, 0.5) is 5.69 Å². The molecule has 0 aliphatic carbocycles. The Bertz CT molecular complexity index is 728. The number of aliphatic carboxylic acids is 1. The van der Waals surface area contributed by atoms with Gasteiger partial charge in [0.2, 0.25) is 0 Å². The number of hydrogen-bond acceptors (Lipinski definition) is 6. The highest BCUT2D eigenvalue weighted by Gasteiger charge is 2.15. The summed E-state index contributed by atoms with van der Waals surface area (Å²) in [5.74, 6) is -0.398. The van der Waals surface area contributed by atoms with E-state index in [1.165, 1.54) is 14.2 Å². The number of nitrogens with one attached hydrogen (secondary N) is 2. The molecule has 2 aromatic carbocycles. The van der Waals surface area contributed by atoms with E-state index in [1.807, 2.05) is 0 Å². The molecule has 8 heteroatoms. The number of methoxy groups -OCH3 is 2. The lowest BCUT2D eigenvalue weighted by atomic mass is 10.1. The van der Waals surface area contributed by atoms with Gasteiger partial charge in [0.05, 0.1) is 26.2 Å². The van der Waals surface area contributed by atoms with Crippen LogP contribution in [-0.4, -0.2) is 26.0 Å². The van der Waals surface area contributed by atoms with Gasteiger partial charge < -0.3 is 30.4 Å². The van der Waals surface area contributed by atoms with Gasteiger partial charge in [0.15, 0.2) is 0 Å². The van der Waals surface area contributed by atoms with Crippen LogP contribution in [0.1, 0.15) is 17.2 Å². The summed E-state index contributed by atoms with van der Waals surface area (Å²) in [6, 6.07) is 10.3. The summed E-state index contributed by atoms with van der Waals surface area (Å²) in [4.78, 5) is 11.6. The molecule has 134 valence electrons. The zero-order chi connectivity index (χ0) is 17.7. The number of halogens is 1. The molecule has 0 spiro atoms. The van der Waals surface area contributed by atoms with Gasteiger partial charge in [-0.3, -0.25) is 5.41 Å². The summed E-state index contributed by atoms with van der Waals surface area (Å²) >= 11 is 0. The second-order valence-electron chi connectivity index (χ2n) is 5.03. The first-order chi connectivity index (χ1) is 11.4. The number of nitrogen functional groups attached to an aromatic ring is 1. The van der Waals surface area contributed by atoms with Gasteiger partial charge in [0.25, 0.3) is 0 Å². The van der Waals surface area contributed by atoms with Crippen molar-refractivity contribution >= 4 is 29.9 Å². The summed E-state index contributed by atoms with van der Waals surface area (Å²) in [5, 5.41) is 21.8. The van der Waals surface area contributed by atoms with Crippen molar-refractivity contribution in [3.05, 3.63) is 53.6 Å². The SMILES string of the molecule is COc1cc(OC)cc(C(Nc2ccc(C(=N)N)cc2)C(=O)[O-])c1.Cl. The van der Waals surface area contributed by atoms with Crippen LogP contribution in [-0.2, 0) is 4.79 Å². The zero-order valence-electron chi connectivity index (χ0n) is 13.7. The van der Waals surface area contributed by atoms with Gasteiger partial charge in [-0.25, -0.2) is 0 Å². The van der Waals surface area contributed by atoms with Crippen molar-refractivity contribution < 1.29 is 19.4 Å². The predicted molar refractivity (Wildman–Crippen MR) is 95.6 cm³/mol. The number of carbonyl (C=O) groups is 1. The third-order valence-corrected chi connectivity index (χ3v) is 3.45. The first-order valence-electron chi connectivity index (χ1n) is 7.09. The minimum absolute atomic E-state index is 0. The fourth-order valence-electron chi connectivity index (χ4n) is 2.19. The van der Waals surface area contributed by atoms with Crippen molar-refractivity contribution in [3.63, 3.8) is 0 Å². The third-order valence-electron chi connectivity index (χ3n) is 3.45. The van der Waals surface area contributed by atoms with Crippen LogP contribution in [0.5, 0.6) is 11.5 Å². The normalized spacial score (nSPS) is 11.0. The summed E-state index contributed by atoms with van der Waals surface area (Å²) in [7, 11) is 2.97. The number of nitrogens with two attached hydrogens (primary N) is 1. The standard InChI is InChI=1S/C17H19N3O4.ClH/c1-23-13-7-11(8-14(9-13)24-2)15(17(21)22)20-12-5-3-10(4-6-12)16(18)19;/h3-9,15,20H,1-2H3,(H3,18,19)(H,21,22);1H/p-1. The first kappa shape index (κ1) is 20.1. The number of amidine groups is 1. The Morgan fingerprint density at radius 2 is 1.64 bits per heavy atom. The van der Waals surface area contributed by atoms with Gasteiger partial charge in [-0.2, -0.15) is 0 Å². The maximum Gasteiger partial charge on any atom is 0.122 e. The Kier molecular flexibility index (Phi) is 7.07. The molecule has 25 heavy (non-hydrogen) atoms. The molecule has 0 aliphatic rings. The highest BCUT2D eigenvalue weighted by molar-refractivity contribution is 5.95. The zero-order valence-corrected chi connectivity index (χ0v) is 14.6. The summed E-state index contributed by atoms with van der Waals surface area (Å²) < 4.78 is 10.3. The fourth-order valence-corrected chi connectivity index (χ4v) is 2.19. The molecule has 1 unspecified atom stereocenters. The second kappa shape index (κ2) is 8.79. The van der Waals surface area contributed by atoms with E-state index in [0.717, 1.165) is 0 Å². The molecule has 0 amide bonds. The predicted octanol–water partition coefficient (Wildman–Crippen LogP) is 1.31. The Morgan fingerprint density at radius 3 is 2.04 bits per heavy atom. The molecule has 2 aromatic rings. The number of benzene rings is 2. The number of carbonyl (C=O) groups excluding carboxylic acids is 1. The summed E-state index contributed by atoms with van der Waals surface area (Å²) in [5.41, 5.74) is 6.93. The molecule has 0 aromatic heterocycles. The first-order valence-corrected chi connectivity index (χ1v) is 7.09. The molecule has 7 nitrogen and oxygen atoms in total. The Labute approximate surface area is 151 Å². The van der Waals surface area contributed by atoms with Crippen molar-refractivity contribution in [1.29, 1.82) is 5.41 Å². The lowest BCUT2D eigenvalue weighted by Gasteiger charge is -2.22. The highest BCUT2D eigenvalue weighted by atomic mass is 35.5. The lowest BCUT2D eigenvalue weighted by molar-refractivity contribution is -0.307. The van der Waals surface area contributed by atoms with Crippen molar-refractivity contribution in [1.82, 2.24) is 0 Å². The number of carboxylic acid groups (broad SMARTS) is 1. The van der Waals surface area contributed by atoms with Gasteiger partial charge >= 0.3 is 0 Å². The van der Waals surface area contributed by atoms with Gasteiger partial charge in [0, 0.05) is 17.3 Å². The Balaban J connectivity index is 0.00000312. The van der Waals surface area contributed by atoms with Crippen LogP contribution in [0.15, 0.2) is 42.5 Å². The number of hydrogen-bond donors (Lipinski definition) is 3. The molecule has 4 N–H and O–H groups in total. The lowest BCUT2D eigenvalue weighted by Crippen LogP contribution is -2.34. The topological polar surface area (TPSA) is 120 Å². The number of carboxylic acids is 1. The van der Waals surface area contributed by atoms with Crippen LogP contribution < -0.4 is 25.6 Å². The van der Waals surface area contributed by atoms with E-state index in [4.69, 9.17) is 20.6 Å². The molecular weight excluding hydrogens is 346 g/mol. The van der Waals surface area contributed by atoms with Crippen molar-refractivity contribution in [2.75, 3.05) is 19.5 Å². The third kappa shape index (κ3) is 5.02. The average Bonchev–Trinajstić information content (AvgIpc) is 2.59. The molecule has 0 saturated heterocycles. The molecule has 0 aliphatic heterocycles. The van der Waals surface area contributed by atoms with Crippen LogP contribution in [0.3, 0.4) is 0 Å². The van der Waals surface area contributed by atoms with E-state index in [1.54, 1.807) is 42.5 Å². The molecule has 0 bridgehead atoms. The van der Waals surface area contributed by atoms with Crippen molar-refractivity contribution in [2.45, 2.75) is 6.04 Å². The van der Waals surface area contributed by atoms with E-state index in [2.05, 4.69) is 5.32 Å². The molecule has 0 saturated carbocycles. The van der Waals surface area contributed by atoms with Gasteiger partial charge in [0.1, 0.15) is 17.3 Å². The van der Waals surface area contributed by atoms with E-state index in [0.29, 0.717) is 28.3 Å². The molecule has 0 heterocycles. The van der Waals surface area contributed by atoms with E-state index in [-0.39, 0.29) is 18.2 Å². The molecular formula is C17H19ClN3O4-. The van der Waals surface area contributed by atoms with E-state index < -0.39 is 12.0 Å². The van der Waals surface area contributed by atoms with E-state index >= 15 is 0 Å². The molecule has 2 rings (SSSR count). The maximum atomic E-state index is 11.6. The van der Waals surface area contributed by atoms with Crippen LogP contribution in [0, 0.1) is 5.41 Å². The van der Waals surface area contributed by atoms with Gasteiger partial charge in [-0.1, -0.05) is 0 Å². The van der Waals surface area contributed by atoms with Crippen molar-refractivity contribution in [2.24, 2.45) is 5.73 Å². The number of ether oxygens (including phenoxy) is 2. The van der Waals surface area contributed by atoms with Crippen LogP contribution >= 0.6 is 12.4 Å². The number of anilines is 1. The molecule has 1 atom stereocenters. The maximum absolute atomic E-state index is 11.6. The smallest absolute Gasteiger partial charge is 0.122 e. The Morgan fingerprint density at radius 1 is 1.12 bits per heavy atom. The average molecular weight is 365 g/mol. The highest BCUT2D eigenvalue weighted by Crippen LogP contribution is 2.28. The van der Waals surface area contributed by atoms with Crippen LogP contribution in [0.2, 0.25) is 0 Å². The van der Waals surface area contributed by atoms with Gasteiger partial charge in [-0.15, -0.1) is 12.4 Å². The largest absolute Gasteiger partial charge is 0.548 e. The molecule has 0 radical (unpaired) electrons. The summed E-state index contributed by atoms with van der Waals surface area (Å²) in [6.07, 6.45) is 0. The Hall–Kier alpha value is -2.93. The minimum Gasteiger partial charge on any atom is -0.548 e. The number of rotatable bonds is 7. The van der Waals surface area contributed by atoms with Gasteiger partial charge in [-0.05, 0) is 42.0 Å². The quantitative estimate of drug-likeness (QED) is 0.503. The molecule has 0 fully saturated rings. The second-order valence-corrected chi connectivity index (χ2v) is 5.03. The van der Waals surface area contributed by atoms with Crippen molar-refractivity contribution in [3.8, 4) is 11.5 Å². The summed E-state index contributed by atoms with van der Waals surface area (Å²) in [6.45, 7) is 0. The monoisotopic (exact) mass is 364 g/mol. The minimum atomic E-state index is -1.29. The fraction of sp³-hybridized carbons (Fsp3) is 0.176. The van der Waals surface area contributed by atoms with Crippen LogP contribution in [0.25, 0.3) is 0 Å². The van der Waals surface area contributed by atoms with E-state index in [9.17, 15) is 9.90 Å².